The average Bonchev–Trinajstić information content (AvgIpc) is 2.94. The van der Waals surface area contributed by atoms with Crippen LogP contribution in [0.2, 0.25) is 5.02 Å². The van der Waals surface area contributed by atoms with Crippen molar-refractivity contribution in [3.63, 3.8) is 0 Å². The number of urea groups is 1. The summed E-state index contributed by atoms with van der Waals surface area (Å²) < 4.78 is 0. The molecule has 1 aliphatic carbocycles. The molecule has 114 valence electrons. The highest BCUT2D eigenvalue weighted by atomic mass is 35.5. The van der Waals surface area contributed by atoms with E-state index < -0.39 is 12.1 Å². The summed E-state index contributed by atoms with van der Waals surface area (Å²) >= 11 is 5.96. The summed E-state index contributed by atoms with van der Waals surface area (Å²) in [5, 5.41) is 8.64. The molecule has 0 aromatic heterocycles. The molecule has 3 amide bonds. The first-order valence-electron chi connectivity index (χ1n) is 7.18. The van der Waals surface area contributed by atoms with Crippen LogP contribution < -0.4 is 16.0 Å². The SMILES string of the molecule is C[C@H](NC(=O)Nc1ccccc1Cl)C(=O)NC1CCCC1. The molecule has 0 aliphatic heterocycles. The molecule has 0 spiro atoms. The van der Waals surface area contributed by atoms with Crippen molar-refractivity contribution in [2.75, 3.05) is 5.32 Å². The molecule has 1 aromatic carbocycles. The smallest absolute Gasteiger partial charge is 0.319 e. The molecular formula is C15H20ClN3O2. The van der Waals surface area contributed by atoms with E-state index in [-0.39, 0.29) is 11.9 Å². The number of amides is 3. The maximum atomic E-state index is 12.0. The molecule has 5 nitrogen and oxygen atoms in total. The fraction of sp³-hybridized carbons (Fsp3) is 0.467. The van der Waals surface area contributed by atoms with Gasteiger partial charge in [0.2, 0.25) is 5.91 Å². The largest absolute Gasteiger partial charge is 0.352 e. The predicted octanol–water partition coefficient (Wildman–Crippen LogP) is 2.91. The molecule has 0 bridgehead atoms. The fourth-order valence-electron chi connectivity index (χ4n) is 2.38. The topological polar surface area (TPSA) is 70.2 Å². The van der Waals surface area contributed by atoms with Crippen molar-refractivity contribution in [1.29, 1.82) is 0 Å². The number of carbonyl (C=O) groups excluding carboxylic acids is 2. The van der Waals surface area contributed by atoms with Gasteiger partial charge in [0, 0.05) is 6.04 Å². The van der Waals surface area contributed by atoms with Crippen LogP contribution >= 0.6 is 11.6 Å². The van der Waals surface area contributed by atoms with Gasteiger partial charge in [0.05, 0.1) is 10.7 Å². The third-order valence-electron chi connectivity index (χ3n) is 3.56. The number of carbonyl (C=O) groups is 2. The molecular weight excluding hydrogens is 290 g/mol. The lowest BCUT2D eigenvalue weighted by Gasteiger charge is -2.18. The summed E-state index contributed by atoms with van der Waals surface area (Å²) in [4.78, 5) is 23.8. The van der Waals surface area contributed by atoms with Gasteiger partial charge in [-0.2, -0.15) is 0 Å². The maximum absolute atomic E-state index is 12.0. The number of hydrogen-bond donors (Lipinski definition) is 3. The van der Waals surface area contributed by atoms with Gasteiger partial charge in [-0.15, -0.1) is 0 Å². The minimum absolute atomic E-state index is 0.156. The standard InChI is InChI=1S/C15H20ClN3O2/c1-10(14(20)18-11-6-2-3-7-11)17-15(21)19-13-9-5-4-8-12(13)16/h4-5,8-11H,2-3,6-7H2,1H3,(H,18,20)(H2,17,19,21)/t10-/m0/s1. The molecule has 2 rings (SSSR count). The first-order valence-corrected chi connectivity index (χ1v) is 7.56. The molecule has 6 heteroatoms. The maximum Gasteiger partial charge on any atom is 0.319 e. The van der Waals surface area contributed by atoms with Crippen LogP contribution in [0.1, 0.15) is 32.6 Å². The number of hydrogen-bond acceptors (Lipinski definition) is 2. The first-order chi connectivity index (χ1) is 10.1. The van der Waals surface area contributed by atoms with E-state index in [2.05, 4.69) is 16.0 Å². The van der Waals surface area contributed by atoms with E-state index >= 15 is 0 Å². The average molecular weight is 310 g/mol. The predicted molar refractivity (Wildman–Crippen MR) is 83.5 cm³/mol. The van der Waals surface area contributed by atoms with Crippen molar-refractivity contribution < 1.29 is 9.59 Å². The van der Waals surface area contributed by atoms with Crippen molar-refractivity contribution in [3.05, 3.63) is 29.3 Å². The van der Waals surface area contributed by atoms with Crippen LogP contribution in [-0.4, -0.2) is 24.0 Å². The zero-order valence-electron chi connectivity index (χ0n) is 12.0. The van der Waals surface area contributed by atoms with Gasteiger partial charge in [-0.05, 0) is 31.9 Å². The van der Waals surface area contributed by atoms with Crippen LogP contribution in [0.3, 0.4) is 0 Å². The van der Waals surface area contributed by atoms with Crippen molar-refractivity contribution in [1.82, 2.24) is 10.6 Å². The van der Waals surface area contributed by atoms with E-state index in [0.29, 0.717) is 10.7 Å². The van der Waals surface area contributed by atoms with Crippen LogP contribution in [0.5, 0.6) is 0 Å². The Labute approximate surface area is 129 Å². The molecule has 0 heterocycles. The minimum atomic E-state index is -0.590. The van der Waals surface area contributed by atoms with Crippen molar-refractivity contribution in [2.45, 2.75) is 44.7 Å². The third kappa shape index (κ3) is 4.63. The number of halogens is 1. The molecule has 1 fully saturated rings. The lowest BCUT2D eigenvalue weighted by Crippen LogP contribution is -2.48. The normalized spacial score (nSPS) is 16.3. The summed E-state index contributed by atoms with van der Waals surface area (Å²) in [6.07, 6.45) is 4.34. The second-order valence-electron chi connectivity index (χ2n) is 5.29. The van der Waals surface area contributed by atoms with Crippen LogP contribution in [-0.2, 0) is 4.79 Å². The molecule has 21 heavy (non-hydrogen) atoms. The Kier molecular flexibility index (Phi) is 5.44. The number of para-hydroxylation sites is 1. The number of anilines is 1. The summed E-state index contributed by atoms with van der Waals surface area (Å²) in [6, 6.07) is 6.15. The summed E-state index contributed by atoms with van der Waals surface area (Å²) in [6.45, 7) is 1.66. The lowest BCUT2D eigenvalue weighted by atomic mass is 10.2. The Morgan fingerprint density at radius 2 is 1.90 bits per heavy atom. The first kappa shape index (κ1) is 15.6. The number of rotatable bonds is 4. The zero-order chi connectivity index (χ0) is 15.2. The summed E-state index contributed by atoms with van der Waals surface area (Å²) in [5.74, 6) is -0.156. The van der Waals surface area contributed by atoms with E-state index in [0.717, 1.165) is 25.7 Å². The van der Waals surface area contributed by atoms with Crippen LogP contribution in [0, 0.1) is 0 Å². The molecule has 3 N–H and O–H groups in total. The van der Waals surface area contributed by atoms with Gasteiger partial charge in [0.15, 0.2) is 0 Å². The molecule has 1 saturated carbocycles. The zero-order valence-corrected chi connectivity index (χ0v) is 12.7. The van der Waals surface area contributed by atoms with Crippen molar-refractivity contribution in [3.8, 4) is 0 Å². The number of benzene rings is 1. The van der Waals surface area contributed by atoms with Gasteiger partial charge in [0.1, 0.15) is 6.04 Å². The Bertz CT molecular complexity index is 515. The van der Waals surface area contributed by atoms with Gasteiger partial charge in [-0.3, -0.25) is 4.79 Å². The highest BCUT2D eigenvalue weighted by molar-refractivity contribution is 6.33. The second-order valence-corrected chi connectivity index (χ2v) is 5.70. The van der Waals surface area contributed by atoms with Gasteiger partial charge in [0.25, 0.3) is 0 Å². The Morgan fingerprint density at radius 3 is 2.57 bits per heavy atom. The molecule has 1 atom stereocenters. The number of nitrogens with one attached hydrogen (secondary N) is 3. The third-order valence-corrected chi connectivity index (χ3v) is 3.89. The molecule has 0 unspecified atom stereocenters. The van der Waals surface area contributed by atoms with E-state index in [9.17, 15) is 9.59 Å². The highest BCUT2D eigenvalue weighted by Crippen LogP contribution is 2.20. The lowest BCUT2D eigenvalue weighted by molar-refractivity contribution is -0.123. The summed E-state index contributed by atoms with van der Waals surface area (Å²) in [7, 11) is 0. The Morgan fingerprint density at radius 1 is 1.24 bits per heavy atom. The van der Waals surface area contributed by atoms with Gasteiger partial charge in [-0.25, -0.2) is 4.79 Å². The van der Waals surface area contributed by atoms with Gasteiger partial charge < -0.3 is 16.0 Å². The van der Waals surface area contributed by atoms with Crippen LogP contribution in [0.25, 0.3) is 0 Å². The fourth-order valence-corrected chi connectivity index (χ4v) is 2.56. The highest BCUT2D eigenvalue weighted by Gasteiger charge is 2.21. The van der Waals surface area contributed by atoms with E-state index in [1.165, 1.54) is 0 Å². The van der Waals surface area contributed by atoms with Gasteiger partial charge in [-0.1, -0.05) is 36.6 Å². The van der Waals surface area contributed by atoms with Crippen LogP contribution in [0.15, 0.2) is 24.3 Å². The molecule has 0 saturated heterocycles. The minimum Gasteiger partial charge on any atom is -0.352 e. The van der Waals surface area contributed by atoms with E-state index in [1.807, 2.05) is 0 Å². The van der Waals surface area contributed by atoms with Crippen molar-refractivity contribution in [2.24, 2.45) is 0 Å². The van der Waals surface area contributed by atoms with Crippen LogP contribution in [0.4, 0.5) is 10.5 Å². The van der Waals surface area contributed by atoms with Crippen molar-refractivity contribution >= 4 is 29.2 Å². The molecule has 0 radical (unpaired) electrons. The van der Waals surface area contributed by atoms with E-state index in [4.69, 9.17) is 11.6 Å². The molecule has 1 aromatic rings. The molecule has 1 aliphatic rings. The monoisotopic (exact) mass is 309 g/mol. The summed E-state index contributed by atoms with van der Waals surface area (Å²) in [5.41, 5.74) is 0.514. The quantitative estimate of drug-likeness (QED) is 0.800. The Balaban J connectivity index is 1.81. The second kappa shape index (κ2) is 7.31. The van der Waals surface area contributed by atoms with E-state index in [1.54, 1.807) is 31.2 Å². The Hall–Kier alpha value is -1.75. The van der Waals surface area contributed by atoms with Gasteiger partial charge >= 0.3 is 6.03 Å².